The second-order valence-electron chi connectivity index (χ2n) is 6.43. The summed E-state index contributed by atoms with van der Waals surface area (Å²) in [4.78, 5) is 15.6. The molecule has 1 fully saturated rings. The minimum Gasteiger partial charge on any atom is -0.478 e. The first-order valence-corrected chi connectivity index (χ1v) is 7.12. The van der Waals surface area contributed by atoms with E-state index in [9.17, 15) is 4.79 Å². The number of hydrogen-bond donors (Lipinski definition) is 1. The molecule has 0 radical (unpaired) electrons. The van der Waals surface area contributed by atoms with E-state index < -0.39 is 5.97 Å². The van der Waals surface area contributed by atoms with Crippen LogP contribution < -0.4 is 0 Å². The SMILES string of the molecule is Cc1nc2cc(C(=O)O)ccc2n1C1CCCC1(C)C. The highest BCUT2D eigenvalue weighted by Crippen LogP contribution is 2.47. The predicted molar refractivity (Wildman–Crippen MR) is 78.1 cm³/mol. The van der Waals surface area contributed by atoms with E-state index in [0.29, 0.717) is 11.6 Å². The van der Waals surface area contributed by atoms with Gasteiger partial charge in [-0.2, -0.15) is 0 Å². The van der Waals surface area contributed by atoms with Crippen LogP contribution in [0, 0.1) is 12.3 Å². The van der Waals surface area contributed by atoms with Gasteiger partial charge in [-0.25, -0.2) is 9.78 Å². The lowest BCUT2D eigenvalue weighted by Gasteiger charge is -2.29. The molecule has 2 aromatic rings. The summed E-state index contributed by atoms with van der Waals surface area (Å²) < 4.78 is 2.30. The molecule has 0 spiro atoms. The highest BCUT2D eigenvalue weighted by Gasteiger charge is 2.37. The molecule has 1 aliphatic carbocycles. The maximum atomic E-state index is 11.1. The number of hydrogen-bond acceptors (Lipinski definition) is 2. The van der Waals surface area contributed by atoms with Gasteiger partial charge in [0.2, 0.25) is 0 Å². The predicted octanol–water partition coefficient (Wildman–Crippen LogP) is 3.79. The molecule has 1 atom stereocenters. The third-order valence-corrected chi connectivity index (χ3v) is 4.63. The topological polar surface area (TPSA) is 55.1 Å². The van der Waals surface area contributed by atoms with Crippen LogP contribution in [0.3, 0.4) is 0 Å². The number of aromatic carboxylic acids is 1. The number of nitrogens with zero attached hydrogens (tertiary/aromatic N) is 2. The summed E-state index contributed by atoms with van der Waals surface area (Å²) in [6, 6.07) is 5.68. The summed E-state index contributed by atoms with van der Waals surface area (Å²) in [7, 11) is 0. The number of fused-ring (bicyclic) bond motifs is 1. The van der Waals surface area contributed by atoms with Crippen LogP contribution in [0.4, 0.5) is 0 Å². The lowest BCUT2D eigenvalue weighted by molar-refractivity contribution is 0.0697. The maximum Gasteiger partial charge on any atom is 0.335 e. The van der Waals surface area contributed by atoms with Gasteiger partial charge >= 0.3 is 5.97 Å². The fraction of sp³-hybridized carbons (Fsp3) is 0.500. The first-order valence-electron chi connectivity index (χ1n) is 7.12. The molecular weight excluding hydrogens is 252 g/mol. The minimum atomic E-state index is -0.903. The molecule has 1 N–H and O–H groups in total. The van der Waals surface area contributed by atoms with Crippen molar-refractivity contribution in [3.8, 4) is 0 Å². The summed E-state index contributed by atoms with van der Waals surface area (Å²) in [5.74, 6) is 0.0720. The first-order chi connectivity index (χ1) is 9.40. The summed E-state index contributed by atoms with van der Waals surface area (Å²) in [6.07, 6.45) is 3.63. The van der Waals surface area contributed by atoms with Gasteiger partial charge < -0.3 is 9.67 Å². The zero-order chi connectivity index (χ0) is 14.5. The highest BCUT2D eigenvalue weighted by atomic mass is 16.4. The number of aromatic nitrogens is 2. The van der Waals surface area contributed by atoms with Crippen LogP contribution in [-0.2, 0) is 0 Å². The van der Waals surface area contributed by atoms with Crippen LogP contribution in [0.2, 0.25) is 0 Å². The van der Waals surface area contributed by atoms with E-state index in [-0.39, 0.29) is 5.41 Å². The molecule has 0 bridgehead atoms. The normalized spacial score (nSPS) is 21.4. The molecule has 0 amide bonds. The smallest absolute Gasteiger partial charge is 0.335 e. The first kappa shape index (κ1) is 13.2. The number of imidazole rings is 1. The van der Waals surface area contributed by atoms with Crippen LogP contribution in [0.15, 0.2) is 18.2 Å². The summed E-state index contributed by atoms with van der Waals surface area (Å²) >= 11 is 0. The lowest BCUT2D eigenvalue weighted by Crippen LogP contribution is -2.22. The van der Waals surface area contributed by atoms with Gasteiger partial charge in [0, 0.05) is 6.04 Å². The van der Waals surface area contributed by atoms with Gasteiger partial charge in [-0.1, -0.05) is 20.3 Å². The molecule has 20 heavy (non-hydrogen) atoms. The molecule has 0 saturated heterocycles. The molecule has 1 unspecified atom stereocenters. The van der Waals surface area contributed by atoms with Gasteiger partial charge in [0.1, 0.15) is 5.82 Å². The third-order valence-electron chi connectivity index (χ3n) is 4.63. The Balaban J connectivity index is 2.17. The van der Waals surface area contributed by atoms with Crippen LogP contribution in [0.5, 0.6) is 0 Å². The van der Waals surface area contributed by atoms with Crippen LogP contribution in [0.25, 0.3) is 11.0 Å². The summed E-state index contributed by atoms with van der Waals surface area (Å²) in [5.41, 5.74) is 2.40. The van der Waals surface area contributed by atoms with Crippen molar-refractivity contribution >= 4 is 17.0 Å². The Hall–Kier alpha value is -1.84. The van der Waals surface area contributed by atoms with E-state index in [1.807, 2.05) is 13.0 Å². The number of aryl methyl sites for hydroxylation is 1. The third kappa shape index (κ3) is 1.90. The molecule has 0 aliphatic heterocycles. The highest BCUT2D eigenvalue weighted by molar-refractivity contribution is 5.92. The Morgan fingerprint density at radius 3 is 2.80 bits per heavy atom. The monoisotopic (exact) mass is 272 g/mol. The van der Waals surface area contributed by atoms with E-state index in [4.69, 9.17) is 5.11 Å². The molecule has 1 aliphatic rings. The Morgan fingerprint density at radius 2 is 2.20 bits per heavy atom. The van der Waals surface area contributed by atoms with E-state index in [0.717, 1.165) is 16.9 Å². The number of carboxylic acid groups (broad SMARTS) is 1. The second kappa shape index (κ2) is 4.33. The molecular formula is C16H20N2O2. The summed E-state index contributed by atoms with van der Waals surface area (Å²) in [6.45, 7) is 6.62. The van der Waals surface area contributed by atoms with Gasteiger partial charge in [0.15, 0.2) is 0 Å². The van der Waals surface area contributed by atoms with Crippen molar-refractivity contribution < 1.29 is 9.90 Å². The van der Waals surface area contributed by atoms with E-state index >= 15 is 0 Å². The Bertz CT molecular complexity index is 685. The largest absolute Gasteiger partial charge is 0.478 e. The quantitative estimate of drug-likeness (QED) is 0.904. The Morgan fingerprint density at radius 1 is 1.45 bits per heavy atom. The van der Waals surface area contributed by atoms with Crippen LogP contribution in [-0.4, -0.2) is 20.6 Å². The van der Waals surface area contributed by atoms with Gasteiger partial charge in [0.25, 0.3) is 0 Å². The van der Waals surface area contributed by atoms with Crippen molar-refractivity contribution in [3.63, 3.8) is 0 Å². The zero-order valence-corrected chi connectivity index (χ0v) is 12.2. The fourth-order valence-corrected chi connectivity index (χ4v) is 3.53. The average molecular weight is 272 g/mol. The van der Waals surface area contributed by atoms with Crippen LogP contribution in [0.1, 0.15) is 55.3 Å². The van der Waals surface area contributed by atoms with Crippen molar-refractivity contribution in [3.05, 3.63) is 29.6 Å². The molecule has 1 aromatic heterocycles. The number of benzene rings is 1. The van der Waals surface area contributed by atoms with E-state index in [1.165, 1.54) is 19.3 Å². The van der Waals surface area contributed by atoms with Gasteiger partial charge in [-0.3, -0.25) is 0 Å². The molecule has 1 heterocycles. The van der Waals surface area contributed by atoms with Crippen molar-refractivity contribution in [1.82, 2.24) is 9.55 Å². The van der Waals surface area contributed by atoms with E-state index in [1.54, 1.807) is 12.1 Å². The minimum absolute atomic E-state index is 0.268. The van der Waals surface area contributed by atoms with Gasteiger partial charge in [-0.15, -0.1) is 0 Å². The molecule has 106 valence electrons. The number of rotatable bonds is 2. The number of carbonyl (C=O) groups is 1. The standard InChI is InChI=1S/C16H20N2O2/c1-10-17-12-9-11(15(19)20)6-7-13(12)18(10)14-5-4-8-16(14,2)3/h6-7,9,14H,4-5,8H2,1-3H3,(H,19,20). The molecule has 1 aromatic carbocycles. The molecule has 3 rings (SSSR count). The fourth-order valence-electron chi connectivity index (χ4n) is 3.53. The van der Waals surface area contributed by atoms with Crippen molar-refractivity contribution in [1.29, 1.82) is 0 Å². The molecule has 1 saturated carbocycles. The maximum absolute atomic E-state index is 11.1. The second-order valence-corrected chi connectivity index (χ2v) is 6.43. The van der Waals surface area contributed by atoms with E-state index in [2.05, 4.69) is 23.4 Å². The molecule has 4 nitrogen and oxygen atoms in total. The molecule has 4 heteroatoms. The van der Waals surface area contributed by atoms with Crippen molar-refractivity contribution in [2.24, 2.45) is 5.41 Å². The zero-order valence-electron chi connectivity index (χ0n) is 12.2. The average Bonchev–Trinajstić information content (AvgIpc) is 2.86. The number of carboxylic acids is 1. The van der Waals surface area contributed by atoms with Gasteiger partial charge in [-0.05, 0) is 43.4 Å². The Kier molecular flexibility index (Phi) is 2.85. The Labute approximate surface area is 118 Å². The van der Waals surface area contributed by atoms with Crippen LogP contribution >= 0.6 is 0 Å². The lowest BCUT2D eigenvalue weighted by atomic mass is 9.87. The summed E-state index contributed by atoms with van der Waals surface area (Å²) in [5, 5.41) is 9.08. The van der Waals surface area contributed by atoms with Gasteiger partial charge in [0.05, 0.1) is 16.6 Å². The van der Waals surface area contributed by atoms with Crippen molar-refractivity contribution in [2.75, 3.05) is 0 Å². The van der Waals surface area contributed by atoms with Crippen molar-refractivity contribution in [2.45, 2.75) is 46.1 Å².